The van der Waals surface area contributed by atoms with Crippen molar-refractivity contribution in [1.29, 1.82) is 0 Å². The van der Waals surface area contributed by atoms with Gasteiger partial charge in [-0.05, 0) is 121 Å². The molecular weight excluding hydrogens is 889 g/mol. The summed E-state index contributed by atoms with van der Waals surface area (Å²) in [7, 11) is 5.55. The van der Waals surface area contributed by atoms with Gasteiger partial charge in [0.05, 0.1) is 68.1 Å². The molecule has 3 amide bonds. The molecule has 3 aliphatic rings. The highest BCUT2D eigenvalue weighted by molar-refractivity contribution is 5.95. The minimum absolute atomic E-state index is 0.0628. The van der Waals surface area contributed by atoms with E-state index in [1.54, 1.807) is 12.0 Å². The molecule has 16 nitrogen and oxygen atoms in total. The number of carbonyl (C=O) groups is 4. The van der Waals surface area contributed by atoms with E-state index in [4.69, 9.17) is 23.9 Å². The van der Waals surface area contributed by atoms with Crippen molar-refractivity contribution in [3.05, 3.63) is 47.8 Å². The minimum Gasteiger partial charge on any atom is -0.378 e. The predicted molar refractivity (Wildman–Crippen MR) is 273 cm³/mol. The number of hydrogen-bond donors (Lipinski definition) is 2. The van der Waals surface area contributed by atoms with Crippen molar-refractivity contribution in [3.8, 4) is 23.1 Å². The van der Waals surface area contributed by atoms with Gasteiger partial charge in [0.2, 0.25) is 5.91 Å². The average molecular weight is 969 g/mol. The first-order valence-electron chi connectivity index (χ1n) is 25.3. The second-order valence-corrected chi connectivity index (χ2v) is 21.2. The lowest BCUT2D eigenvalue weighted by molar-refractivity contribution is -0.149. The third kappa shape index (κ3) is 12.8. The van der Waals surface area contributed by atoms with E-state index < -0.39 is 23.0 Å². The van der Waals surface area contributed by atoms with Gasteiger partial charge in [-0.3, -0.25) is 29.3 Å². The summed E-state index contributed by atoms with van der Waals surface area (Å²) < 4.78 is 26.6. The number of morpholine rings is 1. The number of hydrazine groups is 1. The summed E-state index contributed by atoms with van der Waals surface area (Å²) in [5.41, 5.74) is 7.81. The molecule has 2 aromatic heterocycles. The lowest BCUT2D eigenvalue weighted by Gasteiger charge is -2.42. The first kappa shape index (κ1) is 54.4. The number of benzene rings is 1. The molecule has 3 saturated heterocycles. The molecule has 0 bridgehead atoms. The number of aldehydes is 1. The van der Waals surface area contributed by atoms with Crippen LogP contribution in [0.25, 0.3) is 22.2 Å². The molecule has 70 heavy (non-hydrogen) atoms. The van der Waals surface area contributed by atoms with Crippen LogP contribution in [0, 0.1) is 29.1 Å². The number of pyridine rings is 1. The first-order valence-corrected chi connectivity index (χ1v) is 25.3. The number of hydrogen-bond acceptors (Lipinski definition) is 12. The van der Waals surface area contributed by atoms with Gasteiger partial charge >= 0.3 is 0 Å². The summed E-state index contributed by atoms with van der Waals surface area (Å²) in [6, 6.07) is 10.1. The number of likely N-dealkylation sites (tertiary alicyclic amines) is 1. The molecule has 1 unspecified atom stereocenters. The lowest BCUT2D eigenvalue weighted by Crippen LogP contribution is -2.66. The number of nitrogens with one attached hydrogen (secondary N) is 2. The van der Waals surface area contributed by atoms with Gasteiger partial charge in [0.25, 0.3) is 11.8 Å². The number of anilines is 1. The van der Waals surface area contributed by atoms with Crippen LogP contribution < -0.4 is 15.6 Å². The van der Waals surface area contributed by atoms with Crippen molar-refractivity contribution in [1.82, 2.24) is 35.1 Å². The topological polar surface area (TPSA) is 160 Å². The maximum atomic E-state index is 14.2. The van der Waals surface area contributed by atoms with E-state index >= 15 is 0 Å². The molecule has 3 aromatic rings. The van der Waals surface area contributed by atoms with E-state index in [-0.39, 0.29) is 54.5 Å². The Morgan fingerprint density at radius 3 is 2.44 bits per heavy atom. The SMILES string of the molecule is CC[C@H](NC(=O)[C@@H](COC1CN(C(=O)C#CC(C)(C)N(C)C)C1)C(C)C)C(=O)N1CCCC(C=O)(COCC(C)(C)Cc2c(-c3cccnc3[C@H](C)OC)n(CC)c3ccc(N4CCOCC4)cc23)N1. The lowest BCUT2D eigenvalue weighted by atomic mass is 9.84. The molecule has 6 rings (SSSR count). The first-order chi connectivity index (χ1) is 33.3. The van der Waals surface area contributed by atoms with Gasteiger partial charge in [-0.2, -0.15) is 0 Å². The van der Waals surface area contributed by atoms with Crippen LogP contribution in [0.15, 0.2) is 36.5 Å². The van der Waals surface area contributed by atoms with Gasteiger partial charge in [0.1, 0.15) is 17.9 Å². The Bertz CT molecular complexity index is 2360. The number of aryl methyl sites for hydroxylation is 1. The summed E-state index contributed by atoms with van der Waals surface area (Å²) in [6.07, 6.45) is 4.34. The second kappa shape index (κ2) is 23.6. The molecule has 0 spiro atoms. The number of amides is 3. The maximum absolute atomic E-state index is 14.2. The minimum atomic E-state index is -1.13. The van der Waals surface area contributed by atoms with Crippen molar-refractivity contribution in [2.24, 2.45) is 17.3 Å². The third-order valence-electron chi connectivity index (χ3n) is 14.4. The number of rotatable bonds is 21. The molecular formula is C54H80N8O8. The third-order valence-corrected chi connectivity index (χ3v) is 14.4. The van der Waals surface area contributed by atoms with E-state index in [0.717, 1.165) is 54.1 Å². The summed E-state index contributed by atoms with van der Waals surface area (Å²) >= 11 is 0. The van der Waals surface area contributed by atoms with Crippen molar-refractivity contribution in [3.63, 3.8) is 0 Å². The molecule has 16 heteroatoms. The maximum Gasteiger partial charge on any atom is 0.298 e. The smallest absolute Gasteiger partial charge is 0.298 e. The number of fused-ring (bicyclic) bond motifs is 1. The van der Waals surface area contributed by atoms with Crippen LogP contribution in [0.1, 0.15) is 98.9 Å². The number of carbonyl (C=O) groups excluding carboxylic acids is 4. The Labute approximate surface area is 416 Å². The van der Waals surface area contributed by atoms with E-state index in [9.17, 15) is 19.2 Å². The van der Waals surface area contributed by atoms with Gasteiger partial charge in [-0.15, -0.1) is 0 Å². The number of nitrogens with zero attached hydrogens (tertiary/aromatic N) is 6. The van der Waals surface area contributed by atoms with Crippen LogP contribution in [0.3, 0.4) is 0 Å². The number of aromatic nitrogens is 2. The zero-order chi connectivity index (χ0) is 51.0. The van der Waals surface area contributed by atoms with E-state index in [2.05, 4.69) is 77.1 Å². The van der Waals surface area contributed by atoms with Gasteiger partial charge in [-0.1, -0.05) is 40.5 Å². The molecule has 5 heterocycles. The number of ether oxygens (including phenoxy) is 4. The zero-order valence-corrected chi connectivity index (χ0v) is 44.0. The molecule has 3 aliphatic heterocycles. The van der Waals surface area contributed by atoms with Crippen LogP contribution in [-0.2, 0) is 51.1 Å². The predicted octanol–water partition coefficient (Wildman–Crippen LogP) is 5.66. The van der Waals surface area contributed by atoms with Gasteiger partial charge < -0.3 is 43.4 Å². The van der Waals surface area contributed by atoms with Crippen LogP contribution in [0.5, 0.6) is 0 Å². The summed E-state index contributed by atoms with van der Waals surface area (Å²) in [6.45, 7) is 23.8. The Morgan fingerprint density at radius 1 is 1.07 bits per heavy atom. The Morgan fingerprint density at radius 2 is 1.80 bits per heavy atom. The fourth-order valence-corrected chi connectivity index (χ4v) is 9.38. The largest absolute Gasteiger partial charge is 0.378 e. The van der Waals surface area contributed by atoms with Crippen LogP contribution in [0.2, 0.25) is 0 Å². The molecule has 384 valence electrons. The monoisotopic (exact) mass is 969 g/mol. The van der Waals surface area contributed by atoms with Crippen LogP contribution in [-0.4, -0.2) is 159 Å². The highest BCUT2D eigenvalue weighted by atomic mass is 16.5. The molecule has 3 fully saturated rings. The van der Waals surface area contributed by atoms with Gasteiger partial charge in [0, 0.05) is 74.7 Å². The van der Waals surface area contributed by atoms with Crippen molar-refractivity contribution < 1.29 is 38.1 Å². The molecule has 0 radical (unpaired) electrons. The van der Waals surface area contributed by atoms with Crippen molar-refractivity contribution in [2.45, 2.75) is 124 Å². The molecule has 4 atom stereocenters. The highest BCUT2D eigenvalue weighted by Gasteiger charge is 2.41. The summed E-state index contributed by atoms with van der Waals surface area (Å²) in [5.74, 6) is 4.36. The Balaban J connectivity index is 1.11. The Kier molecular flexibility index (Phi) is 18.3. The fourth-order valence-electron chi connectivity index (χ4n) is 9.38. The average Bonchev–Trinajstić information content (AvgIpc) is 3.63. The van der Waals surface area contributed by atoms with E-state index in [1.807, 2.05) is 72.8 Å². The molecule has 0 saturated carbocycles. The normalized spacial score (nSPS) is 19.4. The fraction of sp³-hybridized carbons (Fsp3) is 0.648. The van der Waals surface area contributed by atoms with E-state index in [0.29, 0.717) is 65.1 Å². The molecule has 0 aliphatic carbocycles. The van der Waals surface area contributed by atoms with Crippen LogP contribution in [0.4, 0.5) is 5.69 Å². The van der Waals surface area contributed by atoms with Crippen molar-refractivity contribution >= 4 is 40.6 Å². The second-order valence-electron chi connectivity index (χ2n) is 21.2. The summed E-state index contributed by atoms with van der Waals surface area (Å²) in [4.78, 5) is 64.4. The number of methoxy groups -OCH3 is 1. The zero-order valence-electron chi connectivity index (χ0n) is 44.0. The molecule has 1 aromatic carbocycles. The molecule has 2 N–H and O–H groups in total. The van der Waals surface area contributed by atoms with Gasteiger partial charge in [-0.25, -0.2) is 5.43 Å². The highest BCUT2D eigenvalue weighted by Crippen LogP contribution is 2.42. The summed E-state index contributed by atoms with van der Waals surface area (Å²) in [5, 5.41) is 5.65. The van der Waals surface area contributed by atoms with E-state index in [1.165, 1.54) is 16.0 Å². The standard InChI is InChI=1S/C54H80N8O8/c1-13-45(56-50(65)44(37(3)4)33-70-40-31-60(32-40)47(64)20-22-53(8,9)58(10)11)51(66)62-24-16-21-54(34-63,57-62)36-69-35-52(6,7)30-43-42-29-39(59-25-27-68-28-26-59)18-19-46(42)61(14-2)49(43)41-17-15-23-55-48(41)38(5)67-12/h15,17-19,23,29,34,37-38,40,44-45,57H,13-14,16,21,24-28,30-33,35-36H2,1-12H3,(H,56,65)/t38-,44-,45-,54?/m0/s1. The van der Waals surface area contributed by atoms with Crippen molar-refractivity contribution in [2.75, 3.05) is 91.9 Å². The van der Waals surface area contributed by atoms with Crippen LogP contribution >= 0.6 is 0 Å². The Hall–Kier alpha value is -4.89. The quantitative estimate of drug-likeness (QED) is 0.1000. The van der Waals surface area contributed by atoms with Gasteiger partial charge in [0.15, 0.2) is 0 Å².